The topological polar surface area (TPSA) is 34.4 Å². The molecule has 3 heteroatoms. The molecule has 0 fully saturated rings. The molecule has 1 heterocycles. The van der Waals surface area contributed by atoms with Gasteiger partial charge in [0.1, 0.15) is 11.5 Å². The fourth-order valence-electron chi connectivity index (χ4n) is 2.70. The molecule has 1 N–H and O–H groups in total. The molecule has 1 aromatic heterocycles. The summed E-state index contributed by atoms with van der Waals surface area (Å²) in [5, 5.41) is 3.61. The maximum atomic E-state index is 5.86. The maximum Gasteiger partial charge on any atom is 0.127 e. The van der Waals surface area contributed by atoms with E-state index in [1.165, 1.54) is 11.1 Å². The van der Waals surface area contributed by atoms with Gasteiger partial charge in [-0.15, -0.1) is 0 Å². The molecule has 0 saturated carbocycles. The van der Waals surface area contributed by atoms with E-state index in [9.17, 15) is 0 Å². The molecule has 3 rings (SSSR count). The summed E-state index contributed by atoms with van der Waals surface area (Å²) in [7, 11) is 0. The zero-order valence-corrected chi connectivity index (χ0v) is 13.9. The molecule has 0 aliphatic rings. The first-order valence-corrected chi connectivity index (χ1v) is 8.42. The van der Waals surface area contributed by atoms with Crippen LogP contribution in [-0.4, -0.2) is 0 Å². The zero-order chi connectivity index (χ0) is 16.6. The standard InChI is InChI=1S/C21H23NO2/c1-2-6-21(22-15-17-13-14-23-16-17)18-9-11-20(12-10-18)24-19-7-4-3-5-8-19/h3-5,7-14,16,21-22H,2,6,15H2,1H3. The Morgan fingerprint density at radius 1 is 0.958 bits per heavy atom. The second kappa shape index (κ2) is 8.37. The summed E-state index contributed by atoms with van der Waals surface area (Å²) in [6, 6.07) is 20.5. The quantitative estimate of drug-likeness (QED) is 0.577. The third-order valence-corrected chi connectivity index (χ3v) is 3.97. The average Bonchev–Trinajstić information content (AvgIpc) is 3.14. The van der Waals surface area contributed by atoms with Crippen molar-refractivity contribution in [1.82, 2.24) is 5.32 Å². The number of hydrogen-bond donors (Lipinski definition) is 1. The van der Waals surface area contributed by atoms with Gasteiger partial charge in [0.2, 0.25) is 0 Å². The molecule has 0 saturated heterocycles. The largest absolute Gasteiger partial charge is 0.472 e. The highest BCUT2D eigenvalue weighted by atomic mass is 16.5. The van der Waals surface area contributed by atoms with Crippen LogP contribution in [-0.2, 0) is 6.54 Å². The van der Waals surface area contributed by atoms with Crippen LogP contribution < -0.4 is 10.1 Å². The molecular weight excluding hydrogens is 298 g/mol. The van der Waals surface area contributed by atoms with E-state index in [1.54, 1.807) is 12.5 Å². The summed E-state index contributed by atoms with van der Waals surface area (Å²) in [6.45, 7) is 3.02. The van der Waals surface area contributed by atoms with Gasteiger partial charge in [0.25, 0.3) is 0 Å². The molecule has 0 radical (unpaired) electrons. The lowest BCUT2D eigenvalue weighted by atomic mass is 10.0. The van der Waals surface area contributed by atoms with Gasteiger partial charge in [-0.25, -0.2) is 0 Å². The Balaban J connectivity index is 1.64. The van der Waals surface area contributed by atoms with Crippen molar-refractivity contribution in [3.63, 3.8) is 0 Å². The number of benzene rings is 2. The highest BCUT2D eigenvalue weighted by molar-refractivity contribution is 5.34. The van der Waals surface area contributed by atoms with E-state index in [2.05, 4.69) is 24.4 Å². The van der Waals surface area contributed by atoms with Crippen molar-refractivity contribution in [3.05, 3.63) is 84.3 Å². The Kier molecular flexibility index (Phi) is 5.70. The lowest BCUT2D eigenvalue weighted by Gasteiger charge is -2.18. The van der Waals surface area contributed by atoms with Crippen LogP contribution in [0.2, 0.25) is 0 Å². The summed E-state index contributed by atoms with van der Waals surface area (Å²) in [5.74, 6) is 1.71. The Labute approximate surface area is 143 Å². The van der Waals surface area contributed by atoms with Gasteiger partial charge < -0.3 is 14.5 Å². The van der Waals surface area contributed by atoms with Crippen molar-refractivity contribution in [2.45, 2.75) is 32.4 Å². The van der Waals surface area contributed by atoms with Crippen molar-refractivity contribution < 1.29 is 9.15 Å². The van der Waals surface area contributed by atoms with E-state index >= 15 is 0 Å². The Hall–Kier alpha value is -2.52. The lowest BCUT2D eigenvalue weighted by Crippen LogP contribution is -2.20. The number of nitrogens with one attached hydrogen (secondary N) is 1. The van der Waals surface area contributed by atoms with Crippen molar-refractivity contribution in [2.75, 3.05) is 0 Å². The van der Waals surface area contributed by atoms with Gasteiger partial charge >= 0.3 is 0 Å². The Morgan fingerprint density at radius 3 is 2.38 bits per heavy atom. The second-order valence-electron chi connectivity index (χ2n) is 5.84. The van der Waals surface area contributed by atoms with Gasteiger partial charge in [-0.05, 0) is 42.3 Å². The van der Waals surface area contributed by atoms with Crippen molar-refractivity contribution >= 4 is 0 Å². The van der Waals surface area contributed by atoms with E-state index in [4.69, 9.17) is 9.15 Å². The van der Waals surface area contributed by atoms with Crippen molar-refractivity contribution in [1.29, 1.82) is 0 Å². The average molecular weight is 321 g/mol. The van der Waals surface area contributed by atoms with Crippen LogP contribution in [0.5, 0.6) is 11.5 Å². The van der Waals surface area contributed by atoms with Gasteiger partial charge in [-0.1, -0.05) is 43.7 Å². The van der Waals surface area contributed by atoms with Crippen LogP contribution in [0.4, 0.5) is 0 Å². The third kappa shape index (κ3) is 4.49. The summed E-state index contributed by atoms with van der Waals surface area (Å²) >= 11 is 0. The second-order valence-corrected chi connectivity index (χ2v) is 5.84. The Bertz CT molecular complexity index is 705. The van der Waals surface area contributed by atoms with Gasteiger partial charge in [-0.2, -0.15) is 0 Å². The molecule has 24 heavy (non-hydrogen) atoms. The normalized spacial score (nSPS) is 12.0. The SMILES string of the molecule is CCCC(NCc1ccoc1)c1ccc(Oc2ccccc2)cc1. The predicted molar refractivity (Wildman–Crippen MR) is 96.2 cm³/mol. The molecule has 1 atom stereocenters. The molecule has 0 amide bonds. The van der Waals surface area contributed by atoms with Crippen LogP contribution in [0.15, 0.2) is 77.6 Å². The van der Waals surface area contributed by atoms with Gasteiger partial charge in [0.15, 0.2) is 0 Å². The number of hydrogen-bond acceptors (Lipinski definition) is 3. The van der Waals surface area contributed by atoms with E-state index < -0.39 is 0 Å². The van der Waals surface area contributed by atoms with Crippen molar-refractivity contribution in [3.8, 4) is 11.5 Å². The molecule has 0 bridgehead atoms. The fourth-order valence-corrected chi connectivity index (χ4v) is 2.70. The first-order chi connectivity index (χ1) is 11.8. The molecule has 0 aliphatic heterocycles. The number of rotatable bonds is 8. The molecule has 3 aromatic rings. The summed E-state index contributed by atoms with van der Waals surface area (Å²) in [4.78, 5) is 0. The molecule has 0 aliphatic carbocycles. The summed E-state index contributed by atoms with van der Waals surface area (Å²) < 4.78 is 11.0. The minimum atomic E-state index is 0.329. The fraction of sp³-hybridized carbons (Fsp3) is 0.238. The number of para-hydroxylation sites is 1. The molecule has 3 nitrogen and oxygen atoms in total. The zero-order valence-electron chi connectivity index (χ0n) is 13.9. The van der Waals surface area contributed by atoms with Crippen LogP contribution in [0, 0.1) is 0 Å². The van der Waals surface area contributed by atoms with Gasteiger partial charge in [0, 0.05) is 18.2 Å². The number of ether oxygens (including phenoxy) is 1. The molecular formula is C21H23NO2. The molecule has 124 valence electrons. The summed E-state index contributed by atoms with van der Waals surface area (Å²) in [5.41, 5.74) is 2.45. The molecule has 0 spiro atoms. The van der Waals surface area contributed by atoms with Crippen LogP contribution in [0.25, 0.3) is 0 Å². The molecule has 1 unspecified atom stereocenters. The van der Waals surface area contributed by atoms with Crippen LogP contribution in [0.1, 0.15) is 36.9 Å². The Morgan fingerprint density at radius 2 is 1.71 bits per heavy atom. The van der Waals surface area contributed by atoms with Gasteiger partial charge in [-0.3, -0.25) is 0 Å². The van der Waals surface area contributed by atoms with E-state index in [0.717, 1.165) is 30.9 Å². The first-order valence-electron chi connectivity index (χ1n) is 8.42. The highest BCUT2D eigenvalue weighted by Crippen LogP contribution is 2.25. The lowest BCUT2D eigenvalue weighted by molar-refractivity contribution is 0.476. The minimum Gasteiger partial charge on any atom is -0.472 e. The van der Waals surface area contributed by atoms with Gasteiger partial charge in [0.05, 0.1) is 12.5 Å². The highest BCUT2D eigenvalue weighted by Gasteiger charge is 2.10. The van der Waals surface area contributed by atoms with Crippen LogP contribution in [0.3, 0.4) is 0 Å². The summed E-state index contributed by atoms with van der Waals surface area (Å²) in [6.07, 6.45) is 5.72. The third-order valence-electron chi connectivity index (χ3n) is 3.97. The van der Waals surface area contributed by atoms with Crippen molar-refractivity contribution in [2.24, 2.45) is 0 Å². The minimum absolute atomic E-state index is 0.329. The van der Waals surface area contributed by atoms with Crippen LogP contribution >= 0.6 is 0 Å². The maximum absolute atomic E-state index is 5.86. The van der Waals surface area contributed by atoms with E-state index in [1.807, 2.05) is 48.5 Å². The first kappa shape index (κ1) is 16.3. The monoisotopic (exact) mass is 321 g/mol. The van der Waals surface area contributed by atoms with E-state index in [0.29, 0.717) is 6.04 Å². The number of furan rings is 1. The predicted octanol–water partition coefficient (Wildman–Crippen LogP) is 5.70. The molecule has 2 aromatic carbocycles. The van der Waals surface area contributed by atoms with E-state index in [-0.39, 0.29) is 0 Å². The smallest absolute Gasteiger partial charge is 0.127 e.